The molecule has 0 atom stereocenters. The van der Waals surface area contributed by atoms with Crippen LogP contribution in [0, 0.1) is 0 Å². The van der Waals surface area contributed by atoms with Gasteiger partial charge in [0.15, 0.2) is 11.6 Å². The fourth-order valence-corrected chi connectivity index (χ4v) is 2.04. The van der Waals surface area contributed by atoms with Gasteiger partial charge in [-0.25, -0.2) is 4.98 Å². The van der Waals surface area contributed by atoms with Crippen molar-refractivity contribution in [2.75, 3.05) is 13.1 Å². The van der Waals surface area contributed by atoms with Crippen LogP contribution >= 0.6 is 0 Å². The second-order valence-corrected chi connectivity index (χ2v) is 4.15. The maximum absolute atomic E-state index is 4.41. The van der Waals surface area contributed by atoms with Crippen molar-refractivity contribution in [3.8, 4) is 5.82 Å². The fourth-order valence-electron chi connectivity index (χ4n) is 2.04. The first-order valence-corrected chi connectivity index (χ1v) is 5.85. The van der Waals surface area contributed by atoms with E-state index in [-0.39, 0.29) is 0 Å². The molecule has 6 heteroatoms. The minimum atomic E-state index is 0.425. The number of tetrazole rings is 1. The molecule has 6 nitrogen and oxygen atoms in total. The van der Waals surface area contributed by atoms with Crippen LogP contribution in [0.4, 0.5) is 0 Å². The zero-order valence-electron chi connectivity index (χ0n) is 9.45. The Balaban J connectivity index is 1.83. The number of nitrogens with zero attached hydrogens (tertiary/aromatic N) is 5. The third-order valence-electron chi connectivity index (χ3n) is 2.99. The van der Waals surface area contributed by atoms with Crippen molar-refractivity contribution < 1.29 is 0 Å². The highest BCUT2D eigenvalue weighted by Crippen LogP contribution is 2.21. The summed E-state index contributed by atoms with van der Waals surface area (Å²) < 4.78 is 0. The van der Waals surface area contributed by atoms with E-state index < -0.39 is 0 Å². The molecule has 0 saturated carbocycles. The average molecular weight is 230 g/mol. The Morgan fingerprint density at radius 3 is 2.88 bits per heavy atom. The summed E-state index contributed by atoms with van der Waals surface area (Å²) in [6, 6.07) is 5.65. The van der Waals surface area contributed by atoms with Crippen molar-refractivity contribution in [1.29, 1.82) is 0 Å². The lowest BCUT2D eigenvalue weighted by atomic mass is 9.98. The van der Waals surface area contributed by atoms with E-state index in [1.165, 1.54) is 4.80 Å². The normalized spacial score (nSPS) is 17.2. The van der Waals surface area contributed by atoms with E-state index in [0.717, 1.165) is 31.8 Å². The maximum atomic E-state index is 4.41. The minimum Gasteiger partial charge on any atom is -0.317 e. The summed E-state index contributed by atoms with van der Waals surface area (Å²) in [5.74, 6) is 1.96. The lowest BCUT2D eigenvalue weighted by Crippen LogP contribution is -2.27. The van der Waals surface area contributed by atoms with Crippen molar-refractivity contribution in [2.24, 2.45) is 0 Å². The third-order valence-corrected chi connectivity index (χ3v) is 2.99. The Hall–Kier alpha value is -1.82. The standard InChI is InChI=1S/C11H14N6/c1-2-6-13-10(3-1)17-15-11(14-16-17)9-4-7-12-8-5-9/h1-3,6,9,12H,4-5,7-8H2. The van der Waals surface area contributed by atoms with E-state index in [1.54, 1.807) is 6.20 Å². The molecule has 88 valence electrons. The number of nitrogens with one attached hydrogen (secondary N) is 1. The fraction of sp³-hybridized carbons (Fsp3) is 0.455. The molecule has 1 saturated heterocycles. The predicted molar refractivity (Wildman–Crippen MR) is 61.8 cm³/mol. The van der Waals surface area contributed by atoms with Gasteiger partial charge in [-0.2, -0.15) is 0 Å². The quantitative estimate of drug-likeness (QED) is 0.814. The molecule has 0 spiro atoms. The Labute approximate surface area is 99.1 Å². The Morgan fingerprint density at radius 2 is 2.12 bits per heavy atom. The zero-order valence-corrected chi connectivity index (χ0v) is 9.45. The van der Waals surface area contributed by atoms with Gasteiger partial charge in [-0.15, -0.1) is 15.0 Å². The number of piperidine rings is 1. The van der Waals surface area contributed by atoms with E-state index >= 15 is 0 Å². The van der Waals surface area contributed by atoms with Crippen molar-refractivity contribution in [3.05, 3.63) is 30.2 Å². The monoisotopic (exact) mass is 230 g/mol. The van der Waals surface area contributed by atoms with Gasteiger partial charge >= 0.3 is 0 Å². The van der Waals surface area contributed by atoms with Gasteiger partial charge in [0.2, 0.25) is 0 Å². The van der Waals surface area contributed by atoms with Crippen molar-refractivity contribution in [1.82, 2.24) is 30.5 Å². The van der Waals surface area contributed by atoms with Gasteiger partial charge in [-0.05, 0) is 43.3 Å². The first kappa shape index (κ1) is 10.3. The van der Waals surface area contributed by atoms with Crippen LogP contribution in [-0.2, 0) is 0 Å². The van der Waals surface area contributed by atoms with Crippen LogP contribution in [0.15, 0.2) is 24.4 Å². The zero-order chi connectivity index (χ0) is 11.5. The largest absolute Gasteiger partial charge is 0.317 e. The second kappa shape index (κ2) is 4.58. The summed E-state index contributed by atoms with van der Waals surface area (Å²) in [5, 5.41) is 15.9. The van der Waals surface area contributed by atoms with Crippen LogP contribution in [0.3, 0.4) is 0 Å². The van der Waals surface area contributed by atoms with Crippen LogP contribution in [-0.4, -0.2) is 38.3 Å². The first-order chi connectivity index (χ1) is 8.43. The Kier molecular flexibility index (Phi) is 2.79. The number of hydrogen-bond donors (Lipinski definition) is 1. The van der Waals surface area contributed by atoms with Crippen molar-refractivity contribution >= 4 is 0 Å². The number of pyridine rings is 1. The lowest BCUT2D eigenvalue weighted by Gasteiger charge is -2.18. The third kappa shape index (κ3) is 2.16. The molecule has 17 heavy (non-hydrogen) atoms. The molecule has 2 aromatic rings. The lowest BCUT2D eigenvalue weighted by molar-refractivity contribution is 0.444. The maximum Gasteiger partial charge on any atom is 0.178 e. The van der Waals surface area contributed by atoms with Gasteiger partial charge in [-0.3, -0.25) is 0 Å². The van der Waals surface area contributed by atoms with E-state index in [1.807, 2.05) is 18.2 Å². The molecule has 1 aliphatic rings. The highest BCUT2D eigenvalue weighted by molar-refractivity contribution is 5.17. The van der Waals surface area contributed by atoms with Gasteiger partial charge in [0, 0.05) is 12.1 Å². The predicted octanol–water partition coefficient (Wildman–Crippen LogP) is 0.524. The number of hydrogen-bond acceptors (Lipinski definition) is 5. The minimum absolute atomic E-state index is 0.425. The van der Waals surface area contributed by atoms with Crippen LogP contribution < -0.4 is 5.32 Å². The van der Waals surface area contributed by atoms with Gasteiger partial charge < -0.3 is 5.32 Å². The first-order valence-electron chi connectivity index (χ1n) is 5.85. The summed E-state index contributed by atoms with van der Waals surface area (Å²) in [5.41, 5.74) is 0. The molecule has 0 amide bonds. The highest BCUT2D eigenvalue weighted by Gasteiger charge is 2.20. The SMILES string of the molecule is c1ccc(-n2nnc(C3CCNCC3)n2)nc1. The molecule has 1 aliphatic heterocycles. The van der Waals surface area contributed by atoms with Gasteiger partial charge in [0.25, 0.3) is 0 Å². The molecule has 0 radical (unpaired) electrons. The average Bonchev–Trinajstić information content (AvgIpc) is 2.90. The number of aromatic nitrogens is 5. The molecule has 0 bridgehead atoms. The van der Waals surface area contributed by atoms with E-state index in [2.05, 4.69) is 25.7 Å². The number of rotatable bonds is 2. The molecule has 1 N–H and O–H groups in total. The molecule has 3 heterocycles. The molecule has 3 rings (SSSR count). The topological polar surface area (TPSA) is 68.5 Å². The molecule has 2 aromatic heterocycles. The smallest absolute Gasteiger partial charge is 0.178 e. The summed E-state index contributed by atoms with van der Waals surface area (Å²) in [7, 11) is 0. The summed E-state index contributed by atoms with van der Waals surface area (Å²) in [6.07, 6.45) is 3.88. The Bertz CT molecular complexity index is 474. The van der Waals surface area contributed by atoms with Gasteiger partial charge in [-0.1, -0.05) is 6.07 Å². The summed E-state index contributed by atoms with van der Waals surface area (Å²) in [6.45, 7) is 2.06. The highest BCUT2D eigenvalue weighted by atomic mass is 15.6. The summed E-state index contributed by atoms with van der Waals surface area (Å²) in [4.78, 5) is 5.69. The van der Waals surface area contributed by atoms with Crippen molar-refractivity contribution in [2.45, 2.75) is 18.8 Å². The molecule has 0 aliphatic carbocycles. The van der Waals surface area contributed by atoms with Crippen LogP contribution in [0.5, 0.6) is 0 Å². The van der Waals surface area contributed by atoms with Crippen LogP contribution in [0.1, 0.15) is 24.6 Å². The van der Waals surface area contributed by atoms with E-state index in [9.17, 15) is 0 Å². The Morgan fingerprint density at radius 1 is 1.24 bits per heavy atom. The van der Waals surface area contributed by atoms with Crippen molar-refractivity contribution in [3.63, 3.8) is 0 Å². The summed E-state index contributed by atoms with van der Waals surface area (Å²) >= 11 is 0. The molecule has 0 unspecified atom stereocenters. The van der Waals surface area contributed by atoms with Crippen LogP contribution in [0.25, 0.3) is 5.82 Å². The van der Waals surface area contributed by atoms with Crippen LogP contribution in [0.2, 0.25) is 0 Å². The second-order valence-electron chi connectivity index (χ2n) is 4.15. The molecule has 0 aromatic carbocycles. The molecular weight excluding hydrogens is 216 g/mol. The van der Waals surface area contributed by atoms with Gasteiger partial charge in [0.1, 0.15) is 0 Å². The van der Waals surface area contributed by atoms with E-state index in [4.69, 9.17) is 0 Å². The molecular formula is C11H14N6. The molecule has 1 fully saturated rings. The van der Waals surface area contributed by atoms with Gasteiger partial charge in [0.05, 0.1) is 0 Å². The van der Waals surface area contributed by atoms with E-state index in [0.29, 0.717) is 11.7 Å².